The van der Waals surface area contributed by atoms with Gasteiger partial charge in [0, 0.05) is 0 Å². The molecule has 0 aliphatic carbocycles. The average molecular weight is 160 g/mol. The van der Waals surface area contributed by atoms with E-state index in [-0.39, 0.29) is 14.5 Å². The lowest BCUT2D eigenvalue weighted by Gasteiger charge is -1.98. The fourth-order valence-electron chi connectivity index (χ4n) is 0.482. The Hall–Kier alpha value is -1.17. The molecule has 0 saturated carbocycles. The van der Waals surface area contributed by atoms with Crippen LogP contribution in [-0.4, -0.2) is 9.94 Å². The standard InChI is InChI=1S/C4H4N2O3S/c7-3-1-5(8)2-4(10)6(3)9/h1-2,9-10H. The molecule has 10 heavy (non-hydrogen) atoms. The Morgan fingerprint density at radius 2 is 2.30 bits per heavy atom. The number of nitrogens with zero attached hydrogens (tertiary/aromatic N) is 2. The summed E-state index contributed by atoms with van der Waals surface area (Å²) in [5, 5.41) is 19.0. The minimum Gasteiger partial charge on any atom is -0.618 e. The number of rotatable bonds is 0. The van der Waals surface area contributed by atoms with Gasteiger partial charge >= 0.3 is 5.56 Å². The second-order valence-corrected chi connectivity index (χ2v) is 2.08. The number of hydrogen-bond donors (Lipinski definition) is 2. The Morgan fingerprint density at radius 1 is 1.70 bits per heavy atom. The molecule has 6 heteroatoms. The first-order chi connectivity index (χ1) is 4.61. The van der Waals surface area contributed by atoms with Gasteiger partial charge in [0.05, 0.1) is 0 Å². The molecule has 0 saturated heterocycles. The first-order valence-electron chi connectivity index (χ1n) is 2.35. The van der Waals surface area contributed by atoms with Crippen molar-refractivity contribution in [2.24, 2.45) is 0 Å². The van der Waals surface area contributed by atoms with Gasteiger partial charge in [-0.1, -0.05) is 0 Å². The molecule has 0 bridgehead atoms. The van der Waals surface area contributed by atoms with Gasteiger partial charge in [0.15, 0.2) is 5.03 Å². The maximum absolute atomic E-state index is 10.5. The monoisotopic (exact) mass is 160 g/mol. The van der Waals surface area contributed by atoms with Crippen LogP contribution in [0.1, 0.15) is 0 Å². The average Bonchev–Trinajstić information content (AvgIpc) is 1.82. The highest BCUT2D eigenvalue weighted by Gasteiger charge is 2.02. The van der Waals surface area contributed by atoms with Gasteiger partial charge < -0.3 is 10.4 Å². The molecule has 5 nitrogen and oxygen atoms in total. The maximum Gasteiger partial charge on any atom is 0.349 e. The molecule has 0 atom stereocenters. The second-order valence-electron chi connectivity index (χ2n) is 1.63. The molecule has 0 aromatic carbocycles. The molecule has 1 heterocycles. The van der Waals surface area contributed by atoms with E-state index in [2.05, 4.69) is 12.6 Å². The van der Waals surface area contributed by atoms with E-state index in [0.717, 1.165) is 6.20 Å². The summed E-state index contributed by atoms with van der Waals surface area (Å²) in [6.45, 7) is 0. The molecule has 1 aromatic rings. The summed E-state index contributed by atoms with van der Waals surface area (Å²) >= 11 is 3.63. The predicted octanol–water partition coefficient (Wildman–Crippen LogP) is -0.992. The van der Waals surface area contributed by atoms with Crippen LogP contribution in [0.3, 0.4) is 0 Å². The molecule has 1 rings (SSSR count). The molecule has 0 spiro atoms. The van der Waals surface area contributed by atoms with Crippen molar-refractivity contribution in [3.8, 4) is 0 Å². The van der Waals surface area contributed by atoms with Crippen molar-refractivity contribution in [2.45, 2.75) is 5.03 Å². The van der Waals surface area contributed by atoms with Crippen molar-refractivity contribution in [3.63, 3.8) is 0 Å². The van der Waals surface area contributed by atoms with Gasteiger partial charge in [-0.05, 0) is 0 Å². The van der Waals surface area contributed by atoms with Crippen LogP contribution >= 0.6 is 12.6 Å². The van der Waals surface area contributed by atoms with E-state index in [0.29, 0.717) is 6.20 Å². The molecule has 1 aromatic heterocycles. The minimum atomic E-state index is -0.803. The first kappa shape index (κ1) is 6.94. The molecule has 0 aliphatic rings. The van der Waals surface area contributed by atoms with E-state index < -0.39 is 5.56 Å². The number of aromatic nitrogens is 2. The summed E-state index contributed by atoms with van der Waals surface area (Å²) in [6, 6.07) is 0. The third-order valence-corrected chi connectivity index (χ3v) is 1.21. The van der Waals surface area contributed by atoms with Crippen LogP contribution in [0.4, 0.5) is 0 Å². The van der Waals surface area contributed by atoms with E-state index in [1.807, 2.05) is 0 Å². The van der Waals surface area contributed by atoms with Gasteiger partial charge in [-0.2, -0.15) is 4.73 Å². The Morgan fingerprint density at radius 3 is 2.80 bits per heavy atom. The van der Waals surface area contributed by atoms with E-state index >= 15 is 0 Å². The van der Waals surface area contributed by atoms with Crippen LogP contribution < -0.4 is 10.3 Å². The molecule has 1 N–H and O–H groups in total. The molecule has 0 amide bonds. The lowest BCUT2D eigenvalue weighted by Crippen LogP contribution is -2.35. The molecular weight excluding hydrogens is 156 g/mol. The summed E-state index contributed by atoms with van der Waals surface area (Å²) in [6.07, 6.45) is 1.66. The Bertz CT molecular complexity index is 308. The molecule has 0 radical (unpaired) electrons. The van der Waals surface area contributed by atoms with Crippen LogP contribution in [0.25, 0.3) is 0 Å². The normalized spacial score (nSPS) is 9.70. The smallest absolute Gasteiger partial charge is 0.349 e. The molecule has 0 aliphatic heterocycles. The van der Waals surface area contributed by atoms with Crippen molar-refractivity contribution < 1.29 is 9.94 Å². The zero-order valence-electron chi connectivity index (χ0n) is 4.76. The zero-order valence-corrected chi connectivity index (χ0v) is 5.65. The lowest BCUT2D eigenvalue weighted by atomic mass is 10.7. The molecule has 0 unspecified atom stereocenters. The predicted molar refractivity (Wildman–Crippen MR) is 34.1 cm³/mol. The van der Waals surface area contributed by atoms with E-state index in [1.165, 1.54) is 0 Å². The highest BCUT2D eigenvalue weighted by Crippen LogP contribution is 1.93. The Balaban J connectivity index is 3.46. The number of hydrogen-bond acceptors (Lipinski definition) is 4. The summed E-state index contributed by atoms with van der Waals surface area (Å²) < 4.78 is 0.550. The van der Waals surface area contributed by atoms with Crippen LogP contribution in [-0.2, 0) is 0 Å². The summed E-state index contributed by atoms with van der Waals surface area (Å²) in [4.78, 5) is 10.5. The largest absolute Gasteiger partial charge is 0.618 e. The van der Waals surface area contributed by atoms with Crippen LogP contribution in [0.5, 0.6) is 0 Å². The molecule has 0 fully saturated rings. The van der Waals surface area contributed by atoms with Crippen LogP contribution in [0.2, 0.25) is 0 Å². The fourth-order valence-corrected chi connectivity index (χ4v) is 0.695. The van der Waals surface area contributed by atoms with Gasteiger partial charge in [0.2, 0.25) is 12.4 Å². The minimum absolute atomic E-state index is 0.0949. The Labute approximate surface area is 61.1 Å². The van der Waals surface area contributed by atoms with Crippen molar-refractivity contribution >= 4 is 12.6 Å². The zero-order chi connectivity index (χ0) is 7.72. The highest BCUT2D eigenvalue weighted by atomic mass is 32.1. The SMILES string of the molecule is O=c1c[n+]([O-])cc(S)n1O. The number of thiol groups is 1. The molecule has 54 valence electrons. The van der Waals surface area contributed by atoms with Crippen LogP contribution in [0.15, 0.2) is 22.2 Å². The van der Waals surface area contributed by atoms with Crippen molar-refractivity contribution in [2.75, 3.05) is 0 Å². The van der Waals surface area contributed by atoms with Gasteiger partial charge in [-0.15, -0.1) is 17.4 Å². The summed E-state index contributed by atoms with van der Waals surface area (Å²) in [7, 11) is 0. The highest BCUT2D eigenvalue weighted by molar-refractivity contribution is 7.80. The van der Waals surface area contributed by atoms with Gasteiger partial charge in [-0.3, -0.25) is 4.79 Å². The van der Waals surface area contributed by atoms with Gasteiger partial charge in [-0.25, -0.2) is 0 Å². The van der Waals surface area contributed by atoms with Gasteiger partial charge in [0.1, 0.15) is 0 Å². The second kappa shape index (κ2) is 2.22. The van der Waals surface area contributed by atoms with E-state index in [9.17, 15) is 10.0 Å². The molecular formula is C4H4N2O3S. The van der Waals surface area contributed by atoms with E-state index in [4.69, 9.17) is 5.21 Å². The quantitative estimate of drug-likeness (QED) is 0.221. The maximum atomic E-state index is 10.5. The third-order valence-electron chi connectivity index (χ3n) is 0.906. The third kappa shape index (κ3) is 1.06. The van der Waals surface area contributed by atoms with Crippen LogP contribution in [0, 0.1) is 5.21 Å². The first-order valence-corrected chi connectivity index (χ1v) is 2.80. The van der Waals surface area contributed by atoms with Crippen molar-refractivity contribution in [1.82, 2.24) is 4.73 Å². The summed E-state index contributed by atoms with van der Waals surface area (Å²) in [5.41, 5.74) is -0.803. The van der Waals surface area contributed by atoms with E-state index in [1.54, 1.807) is 0 Å². The van der Waals surface area contributed by atoms with Crippen molar-refractivity contribution in [1.29, 1.82) is 0 Å². The van der Waals surface area contributed by atoms with Crippen molar-refractivity contribution in [3.05, 3.63) is 28.0 Å². The van der Waals surface area contributed by atoms with Gasteiger partial charge in [0.25, 0.3) is 0 Å². The lowest BCUT2D eigenvalue weighted by molar-refractivity contribution is -0.610. The summed E-state index contributed by atoms with van der Waals surface area (Å²) in [5.74, 6) is 0. The Kier molecular flexibility index (Phi) is 1.54. The topological polar surface area (TPSA) is 69.2 Å². The fraction of sp³-hybridized carbons (Fsp3) is 0.